The lowest BCUT2D eigenvalue weighted by molar-refractivity contribution is -0.137. The molecule has 2 heterocycles. The molecule has 0 aliphatic carbocycles. The number of nitrogens with zero attached hydrogens (tertiary/aromatic N) is 1. The molecule has 0 radical (unpaired) electrons. The fraction of sp³-hybridized carbons (Fsp3) is 0.353. The van der Waals surface area contributed by atoms with Crippen LogP contribution in [0.1, 0.15) is 32.5 Å². The van der Waals surface area contributed by atoms with Gasteiger partial charge in [0, 0.05) is 23.5 Å². The number of benzene rings is 1. The van der Waals surface area contributed by atoms with Gasteiger partial charge in [0.05, 0.1) is 16.6 Å². The lowest BCUT2D eigenvalue weighted by atomic mass is 10.1. The van der Waals surface area contributed by atoms with Gasteiger partial charge in [-0.25, -0.2) is 8.42 Å². The molecule has 0 N–H and O–H groups in total. The molecule has 0 saturated carbocycles. The van der Waals surface area contributed by atoms with Gasteiger partial charge in [0.25, 0.3) is 5.91 Å². The maximum atomic E-state index is 12.8. The number of carbonyl (C=O) groups excluding carboxylic acids is 1. The summed E-state index contributed by atoms with van der Waals surface area (Å²) >= 11 is 1.34. The number of rotatable bonds is 2. The van der Waals surface area contributed by atoms with Crippen LogP contribution in [0, 0.1) is 0 Å². The zero-order valence-electron chi connectivity index (χ0n) is 13.6. The van der Waals surface area contributed by atoms with Crippen LogP contribution in [0.5, 0.6) is 0 Å². The third-order valence-corrected chi connectivity index (χ3v) is 7.57. The normalized spacial score (nSPS) is 20.6. The van der Waals surface area contributed by atoms with Crippen molar-refractivity contribution in [3.05, 3.63) is 57.8 Å². The third-order valence-electron chi connectivity index (χ3n) is 4.33. The fourth-order valence-corrected chi connectivity index (χ4v) is 5.96. The summed E-state index contributed by atoms with van der Waals surface area (Å²) in [5.41, 5.74) is -0.992. The predicted octanol–water partition coefficient (Wildman–Crippen LogP) is 3.77. The van der Waals surface area contributed by atoms with Crippen LogP contribution >= 0.6 is 11.3 Å². The van der Waals surface area contributed by atoms with Crippen LogP contribution < -0.4 is 0 Å². The second-order valence-corrected chi connectivity index (χ2v) is 9.31. The van der Waals surface area contributed by atoms with E-state index >= 15 is 0 Å². The first-order chi connectivity index (χ1) is 12.2. The van der Waals surface area contributed by atoms with E-state index < -0.39 is 32.7 Å². The first-order valence-corrected chi connectivity index (χ1v) is 10.5. The van der Waals surface area contributed by atoms with E-state index in [1.54, 1.807) is 17.5 Å². The standard InChI is InChI=1S/C17H16F3NO3S2/c18-17(19,20)13-4-1-3-12(11-13)16(22)21-7-6-15(14-5-2-9-25-14)26(23,24)10-8-21/h1-5,9,11,15H,6-8,10H2/t15-/m0/s1. The number of alkyl halides is 3. The highest BCUT2D eigenvalue weighted by molar-refractivity contribution is 7.91. The van der Waals surface area contributed by atoms with Gasteiger partial charge >= 0.3 is 6.18 Å². The van der Waals surface area contributed by atoms with Crippen molar-refractivity contribution >= 4 is 27.1 Å². The Labute approximate surface area is 153 Å². The summed E-state index contributed by atoms with van der Waals surface area (Å²) in [6.07, 6.45) is -4.31. The number of hydrogen-bond acceptors (Lipinski definition) is 4. The van der Waals surface area contributed by atoms with Crippen molar-refractivity contribution in [1.82, 2.24) is 4.90 Å². The molecule has 1 amide bonds. The van der Waals surface area contributed by atoms with Crippen LogP contribution in [0.4, 0.5) is 13.2 Å². The molecule has 1 saturated heterocycles. The average Bonchev–Trinajstić information content (AvgIpc) is 3.05. The van der Waals surface area contributed by atoms with Gasteiger partial charge in [0.2, 0.25) is 0 Å². The number of carbonyl (C=O) groups is 1. The molecule has 1 aromatic heterocycles. The first kappa shape index (κ1) is 18.9. The molecule has 1 aliphatic rings. The van der Waals surface area contributed by atoms with Gasteiger partial charge in [0.15, 0.2) is 9.84 Å². The number of sulfone groups is 1. The average molecular weight is 403 g/mol. The minimum Gasteiger partial charge on any atom is -0.338 e. The molecule has 0 bridgehead atoms. The molecule has 26 heavy (non-hydrogen) atoms. The molecular formula is C17H16F3NO3S2. The van der Waals surface area contributed by atoms with Crippen molar-refractivity contribution in [3.8, 4) is 0 Å². The summed E-state index contributed by atoms with van der Waals surface area (Å²) in [4.78, 5) is 14.6. The molecule has 0 spiro atoms. The monoisotopic (exact) mass is 403 g/mol. The Kier molecular flexibility index (Phi) is 5.12. The van der Waals surface area contributed by atoms with Crippen molar-refractivity contribution in [2.24, 2.45) is 0 Å². The minimum atomic E-state index is -4.54. The van der Waals surface area contributed by atoms with E-state index in [2.05, 4.69) is 0 Å². The van der Waals surface area contributed by atoms with Crippen LogP contribution in [-0.2, 0) is 16.0 Å². The first-order valence-electron chi connectivity index (χ1n) is 7.90. The molecule has 4 nitrogen and oxygen atoms in total. The van der Waals surface area contributed by atoms with Crippen LogP contribution in [0.15, 0.2) is 41.8 Å². The maximum Gasteiger partial charge on any atom is 0.416 e. The summed E-state index contributed by atoms with van der Waals surface area (Å²) in [5.74, 6) is -0.793. The van der Waals surface area contributed by atoms with E-state index in [1.165, 1.54) is 28.4 Å². The summed E-state index contributed by atoms with van der Waals surface area (Å²) < 4.78 is 63.6. The van der Waals surface area contributed by atoms with Crippen molar-refractivity contribution in [2.75, 3.05) is 18.8 Å². The molecule has 2 aromatic rings. The highest BCUT2D eigenvalue weighted by atomic mass is 32.2. The Balaban J connectivity index is 1.82. The van der Waals surface area contributed by atoms with Crippen molar-refractivity contribution in [2.45, 2.75) is 17.8 Å². The summed E-state index contributed by atoms with van der Waals surface area (Å²) in [6.45, 7) is 0.149. The molecular weight excluding hydrogens is 387 g/mol. The number of thiophene rings is 1. The van der Waals surface area contributed by atoms with Crippen LogP contribution in [-0.4, -0.2) is 38.1 Å². The van der Waals surface area contributed by atoms with Crippen molar-refractivity contribution < 1.29 is 26.4 Å². The van der Waals surface area contributed by atoms with Gasteiger partial charge in [-0.15, -0.1) is 11.3 Å². The molecule has 1 atom stereocenters. The van der Waals surface area contributed by atoms with Gasteiger partial charge in [0.1, 0.15) is 0 Å². The van der Waals surface area contributed by atoms with E-state index in [0.717, 1.165) is 17.0 Å². The summed E-state index contributed by atoms with van der Waals surface area (Å²) in [6, 6.07) is 7.71. The Morgan fingerprint density at radius 2 is 1.92 bits per heavy atom. The molecule has 0 unspecified atom stereocenters. The Bertz CT molecular complexity index is 892. The molecule has 3 rings (SSSR count). The maximum absolute atomic E-state index is 12.8. The zero-order chi connectivity index (χ0) is 18.9. The minimum absolute atomic E-state index is 0.0285. The van der Waals surface area contributed by atoms with E-state index in [0.29, 0.717) is 0 Å². The number of amides is 1. The second kappa shape index (κ2) is 7.03. The van der Waals surface area contributed by atoms with E-state index in [1.807, 2.05) is 0 Å². The Morgan fingerprint density at radius 1 is 1.15 bits per heavy atom. The van der Waals surface area contributed by atoms with Gasteiger partial charge in [-0.05, 0) is 36.1 Å². The smallest absolute Gasteiger partial charge is 0.338 e. The fourth-order valence-electron chi connectivity index (χ4n) is 2.95. The van der Waals surface area contributed by atoms with Crippen molar-refractivity contribution in [1.29, 1.82) is 0 Å². The largest absolute Gasteiger partial charge is 0.416 e. The summed E-state index contributed by atoms with van der Waals surface area (Å²) in [7, 11) is -3.43. The van der Waals surface area contributed by atoms with E-state index in [9.17, 15) is 26.4 Å². The molecule has 1 aliphatic heterocycles. The topological polar surface area (TPSA) is 54.5 Å². The van der Waals surface area contributed by atoms with Gasteiger partial charge in [-0.1, -0.05) is 12.1 Å². The van der Waals surface area contributed by atoms with Gasteiger partial charge < -0.3 is 4.90 Å². The lowest BCUT2D eigenvalue weighted by Gasteiger charge is -2.20. The van der Waals surface area contributed by atoms with Crippen LogP contribution in [0.2, 0.25) is 0 Å². The van der Waals surface area contributed by atoms with E-state index in [-0.39, 0.29) is 30.8 Å². The molecule has 9 heteroatoms. The molecule has 1 aromatic carbocycles. The highest BCUT2D eigenvalue weighted by Crippen LogP contribution is 2.33. The second-order valence-electron chi connectivity index (χ2n) is 6.03. The SMILES string of the molecule is O=C(c1cccc(C(F)(F)F)c1)N1CC[C@@H](c2cccs2)S(=O)(=O)CC1. The molecule has 1 fully saturated rings. The quantitative estimate of drug-likeness (QED) is 0.767. The number of hydrogen-bond donors (Lipinski definition) is 0. The lowest BCUT2D eigenvalue weighted by Crippen LogP contribution is -2.33. The predicted molar refractivity (Wildman–Crippen MR) is 92.8 cm³/mol. The molecule has 140 valence electrons. The highest BCUT2D eigenvalue weighted by Gasteiger charge is 2.34. The Hall–Kier alpha value is -1.87. The third kappa shape index (κ3) is 3.93. The van der Waals surface area contributed by atoms with Crippen LogP contribution in [0.3, 0.4) is 0 Å². The zero-order valence-corrected chi connectivity index (χ0v) is 15.2. The van der Waals surface area contributed by atoms with Gasteiger partial charge in [-0.2, -0.15) is 13.2 Å². The Morgan fingerprint density at radius 3 is 2.58 bits per heavy atom. The number of halogens is 3. The van der Waals surface area contributed by atoms with E-state index in [4.69, 9.17) is 0 Å². The van der Waals surface area contributed by atoms with Gasteiger partial charge in [-0.3, -0.25) is 4.79 Å². The summed E-state index contributed by atoms with van der Waals surface area (Å²) in [5, 5.41) is 1.11. The van der Waals surface area contributed by atoms with Crippen LogP contribution in [0.25, 0.3) is 0 Å². The van der Waals surface area contributed by atoms with Crippen molar-refractivity contribution in [3.63, 3.8) is 0 Å².